The van der Waals surface area contributed by atoms with E-state index in [0.29, 0.717) is 0 Å². The minimum absolute atomic E-state index is 0.723. The molecule has 1 aliphatic rings. The average Bonchev–Trinajstić information content (AvgIpc) is 2.69. The van der Waals surface area contributed by atoms with Crippen LogP contribution in [0.2, 0.25) is 0 Å². The number of aryl methyl sites for hydroxylation is 1. The maximum absolute atomic E-state index is 4.51. The van der Waals surface area contributed by atoms with E-state index in [2.05, 4.69) is 20.4 Å². The molecule has 0 aliphatic carbocycles. The summed E-state index contributed by atoms with van der Waals surface area (Å²) in [6.45, 7) is 1.88. The SMILES string of the molecule is Cn1nc(-c2ncccn2)c2c1CNCC2. The number of aromatic nitrogens is 4. The van der Waals surface area contributed by atoms with Crippen molar-refractivity contribution in [2.45, 2.75) is 13.0 Å². The van der Waals surface area contributed by atoms with Gasteiger partial charge in [-0.15, -0.1) is 0 Å². The molecule has 0 spiro atoms. The van der Waals surface area contributed by atoms with Crippen LogP contribution in [0.1, 0.15) is 11.3 Å². The molecular formula is C11H13N5. The summed E-state index contributed by atoms with van der Waals surface area (Å²) in [5.74, 6) is 0.723. The summed E-state index contributed by atoms with van der Waals surface area (Å²) in [6, 6.07) is 1.82. The zero-order valence-corrected chi connectivity index (χ0v) is 9.14. The normalized spacial score (nSPS) is 14.8. The molecule has 5 heteroatoms. The van der Waals surface area contributed by atoms with Gasteiger partial charge >= 0.3 is 0 Å². The van der Waals surface area contributed by atoms with E-state index in [9.17, 15) is 0 Å². The Morgan fingerprint density at radius 2 is 2.12 bits per heavy atom. The van der Waals surface area contributed by atoms with Crippen molar-refractivity contribution in [2.75, 3.05) is 6.54 Å². The molecule has 1 N–H and O–H groups in total. The number of nitrogens with one attached hydrogen (secondary N) is 1. The minimum atomic E-state index is 0.723. The highest BCUT2D eigenvalue weighted by Crippen LogP contribution is 2.24. The first-order valence-corrected chi connectivity index (χ1v) is 5.39. The van der Waals surface area contributed by atoms with Gasteiger partial charge in [-0.25, -0.2) is 9.97 Å². The quantitative estimate of drug-likeness (QED) is 0.753. The number of rotatable bonds is 1. The van der Waals surface area contributed by atoms with Gasteiger partial charge in [0.1, 0.15) is 5.69 Å². The summed E-state index contributed by atoms with van der Waals surface area (Å²) >= 11 is 0. The smallest absolute Gasteiger partial charge is 0.180 e. The van der Waals surface area contributed by atoms with Crippen LogP contribution in [0.5, 0.6) is 0 Å². The third-order valence-electron chi connectivity index (χ3n) is 2.90. The molecule has 0 fully saturated rings. The Morgan fingerprint density at radius 1 is 1.31 bits per heavy atom. The number of nitrogens with zero attached hydrogens (tertiary/aromatic N) is 4. The molecule has 82 valence electrons. The highest BCUT2D eigenvalue weighted by molar-refractivity contribution is 5.56. The van der Waals surface area contributed by atoms with Crippen molar-refractivity contribution < 1.29 is 0 Å². The molecule has 2 aromatic rings. The molecule has 0 aromatic carbocycles. The van der Waals surface area contributed by atoms with Crippen LogP contribution in [0.25, 0.3) is 11.5 Å². The largest absolute Gasteiger partial charge is 0.311 e. The fourth-order valence-corrected chi connectivity index (χ4v) is 2.11. The molecular weight excluding hydrogens is 202 g/mol. The molecule has 0 amide bonds. The van der Waals surface area contributed by atoms with E-state index in [1.165, 1.54) is 11.3 Å². The van der Waals surface area contributed by atoms with Crippen molar-refractivity contribution in [1.29, 1.82) is 0 Å². The van der Waals surface area contributed by atoms with Crippen LogP contribution < -0.4 is 5.32 Å². The van der Waals surface area contributed by atoms with E-state index in [0.717, 1.165) is 31.0 Å². The van der Waals surface area contributed by atoms with Crippen molar-refractivity contribution in [2.24, 2.45) is 7.05 Å². The Hall–Kier alpha value is -1.75. The maximum Gasteiger partial charge on any atom is 0.180 e. The van der Waals surface area contributed by atoms with Gasteiger partial charge in [0.05, 0.1) is 5.69 Å². The van der Waals surface area contributed by atoms with Crippen LogP contribution in [0.4, 0.5) is 0 Å². The molecule has 3 heterocycles. The molecule has 0 saturated carbocycles. The Kier molecular flexibility index (Phi) is 2.18. The Labute approximate surface area is 93.5 Å². The second-order valence-electron chi connectivity index (χ2n) is 3.90. The fourth-order valence-electron chi connectivity index (χ4n) is 2.11. The number of hydrogen-bond donors (Lipinski definition) is 1. The molecule has 0 bridgehead atoms. The lowest BCUT2D eigenvalue weighted by Gasteiger charge is -2.13. The lowest BCUT2D eigenvalue weighted by molar-refractivity contribution is 0.593. The van der Waals surface area contributed by atoms with Crippen molar-refractivity contribution in [3.05, 3.63) is 29.7 Å². The summed E-state index contributed by atoms with van der Waals surface area (Å²) in [5, 5.41) is 7.86. The second-order valence-corrected chi connectivity index (χ2v) is 3.90. The Bertz CT molecular complexity index is 503. The van der Waals surface area contributed by atoms with Gasteiger partial charge in [-0.3, -0.25) is 4.68 Å². The van der Waals surface area contributed by atoms with Crippen LogP contribution in [0.3, 0.4) is 0 Å². The number of fused-ring (bicyclic) bond motifs is 1. The van der Waals surface area contributed by atoms with Gasteiger partial charge in [0.15, 0.2) is 5.82 Å². The zero-order valence-electron chi connectivity index (χ0n) is 9.14. The Morgan fingerprint density at radius 3 is 2.94 bits per heavy atom. The zero-order chi connectivity index (χ0) is 11.0. The highest BCUT2D eigenvalue weighted by Gasteiger charge is 2.21. The first kappa shape index (κ1) is 9.47. The number of hydrogen-bond acceptors (Lipinski definition) is 4. The van der Waals surface area contributed by atoms with Crippen molar-refractivity contribution in [3.8, 4) is 11.5 Å². The molecule has 0 unspecified atom stereocenters. The van der Waals surface area contributed by atoms with Gasteiger partial charge in [0, 0.05) is 31.5 Å². The second kappa shape index (κ2) is 3.68. The van der Waals surface area contributed by atoms with Crippen LogP contribution in [0.15, 0.2) is 18.5 Å². The summed E-state index contributed by atoms with van der Waals surface area (Å²) in [5.41, 5.74) is 3.46. The predicted molar refractivity (Wildman–Crippen MR) is 59.6 cm³/mol. The van der Waals surface area contributed by atoms with Gasteiger partial charge in [-0.05, 0) is 19.0 Å². The van der Waals surface area contributed by atoms with E-state index in [4.69, 9.17) is 0 Å². The van der Waals surface area contributed by atoms with Crippen molar-refractivity contribution >= 4 is 0 Å². The van der Waals surface area contributed by atoms with Gasteiger partial charge in [-0.1, -0.05) is 0 Å². The first-order valence-electron chi connectivity index (χ1n) is 5.39. The monoisotopic (exact) mass is 215 g/mol. The van der Waals surface area contributed by atoms with Crippen molar-refractivity contribution in [3.63, 3.8) is 0 Å². The lowest BCUT2D eigenvalue weighted by Crippen LogP contribution is -2.24. The first-order chi connectivity index (χ1) is 7.86. The third kappa shape index (κ3) is 1.40. The maximum atomic E-state index is 4.51. The Balaban J connectivity index is 2.15. The summed E-state index contributed by atoms with van der Waals surface area (Å²) in [7, 11) is 1.97. The van der Waals surface area contributed by atoms with Crippen LogP contribution in [0, 0.1) is 0 Å². The van der Waals surface area contributed by atoms with Crippen LogP contribution >= 0.6 is 0 Å². The molecule has 16 heavy (non-hydrogen) atoms. The van der Waals surface area contributed by atoms with E-state index in [1.807, 2.05) is 17.8 Å². The van der Waals surface area contributed by atoms with Crippen LogP contribution in [-0.2, 0) is 20.0 Å². The lowest BCUT2D eigenvalue weighted by atomic mass is 10.1. The van der Waals surface area contributed by atoms with E-state index >= 15 is 0 Å². The standard InChI is InChI=1S/C11H13N5/c1-16-9-7-12-6-3-8(9)10(15-16)11-13-4-2-5-14-11/h2,4-5,12H,3,6-7H2,1H3. The van der Waals surface area contributed by atoms with Gasteiger partial charge in [-0.2, -0.15) is 5.10 Å². The molecule has 1 aliphatic heterocycles. The van der Waals surface area contributed by atoms with Gasteiger partial charge in [0.2, 0.25) is 0 Å². The van der Waals surface area contributed by atoms with Crippen molar-refractivity contribution in [1.82, 2.24) is 25.1 Å². The fraction of sp³-hybridized carbons (Fsp3) is 0.364. The van der Waals surface area contributed by atoms with E-state index in [-0.39, 0.29) is 0 Å². The molecule has 0 saturated heterocycles. The molecule has 5 nitrogen and oxygen atoms in total. The molecule has 3 rings (SSSR count). The summed E-state index contributed by atoms with van der Waals surface area (Å²) < 4.78 is 1.92. The predicted octanol–water partition coefficient (Wildman–Crippen LogP) is 0.523. The summed E-state index contributed by atoms with van der Waals surface area (Å²) in [6.07, 6.45) is 4.51. The highest BCUT2D eigenvalue weighted by atomic mass is 15.3. The van der Waals surface area contributed by atoms with Gasteiger partial charge < -0.3 is 5.32 Å². The molecule has 0 radical (unpaired) electrons. The van der Waals surface area contributed by atoms with Crippen LogP contribution in [-0.4, -0.2) is 26.3 Å². The topological polar surface area (TPSA) is 55.6 Å². The molecule has 0 atom stereocenters. The molecule has 2 aromatic heterocycles. The third-order valence-corrected chi connectivity index (χ3v) is 2.90. The van der Waals surface area contributed by atoms with Gasteiger partial charge in [0.25, 0.3) is 0 Å². The van der Waals surface area contributed by atoms with E-state index < -0.39 is 0 Å². The van der Waals surface area contributed by atoms with E-state index in [1.54, 1.807) is 12.4 Å². The summed E-state index contributed by atoms with van der Waals surface area (Å²) in [4.78, 5) is 8.53. The average molecular weight is 215 g/mol. The minimum Gasteiger partial charge on any atom is -0.311 e.